The Labute approximate surface area is 218 Å². The van der Waals surface area contributed by atoms with Gasteiger partial charge in [-0.2, -0.15) is 0 Å². The summed E-state index contributed by atoms with van der Waals surface area (Å²) in [6.07, 6.45) is 0. The van der Waals surface area contributed by atoms with Crippen LogP contribution in [0.1, 0.15) is 15.9 Å². The number of amides is 1. The maximum absolute atomic E-state index is 13.7. The number of Topliss-reactive ketones (excluding diaryl/α,β-unsaturated/α-hetero) is 2. The number of phenolic OH excluding ortho intramolecular Hbond substituents is 1. The third kappa shape index (κ3) is 2.74. The molecule has 3 heterocycles. The number of aliphatic hydroxyl groups is 1. The van der Waals surface area contributed by atoms with Crippen molar-refractivity contribution in [3.05, 3.63) is 77.4 Å². The zero-order valence-corrected chi connectivity index (χ0v) is 20.5. The molecule has 2 N–H and O–H groups in total. The first-order valence-electron chi connectivity index (χ1n) is 11.4. The van der Waals surface area contributed by atoms with Gasteiger partial charge < -0.3 is 10.2 Å². The lowest BCUT2D eigenvalue weighted by atomic mass is 9.81. The minimum Gasteiger partial charge on any atom is -0.506 e. The lowest BCUT2D eigenvalue weighted by Gasteiger charge is -2.38. The Kier molecular flexibility index (Phi) is 4.56. The first-order chi connectivity index (χ1) is 17.8. The molecule has 8 nitrogen and oxygen atoms in total. The number of ketones is 2. The molecule has 3 unspecified atom stereocenters. The first kappa shape index (κ1) is 22.3. The van der Waals surface area contributed by atoms with Gasteiger partial charge in [0.05, 0.1) is 17.0 Å². The summed E-state index contributed by atoms with van der Waals surface area (Å²) in [5, 5.41) is 21.9. The second-order valence-electron chi connectivity index (χ2n) is 9.08. The number of fused-ring (bicyclic) bond motifs is 5. The fourth-order valence-electron chi connectivity index (χ4n) is 5.55. The molecule has 0 bridgehead atoms. The fraction of sp³-hybridized carbons (Fsp3) is 0.148. The van der Waals surface area contributed by atoms with Gasteiger partial charge in [0.1, 0.15) is 28.5 Å². The van der Waals surface area contributed by atoms with Gasteiger partial charge in [0.15, 0.2) is 10.7 Å². The third-order valence-electron chi connectivity index (χ3n) is 7.22. The molecule has 7 rings (SSSR count). The van der Waals surface area contributed by atoms with Crippen molar-refractivity contribution in [2.75, 3.05) is 10.7 Å². The Bertz CT molecular complexity index is 1700. The number of aliphatic hydroxyl groups excluding tert-OH is 1. The number of carbonyl (C=O) groups excluding carboxylic acids is 4. The van der Waals surface area contributed by atoms with E-state index in [9.17, 15) is 29.4 Å². The smallest absolute Gasteiger partial charge is 0.238 e. The molecule has 2 fully saturated rings. The molecule has 1 aliphatic carbocycles. The number of rotatable bonds is 1. The highest BCUT2D eigenvalue weighted by molar-refractivity contribution is 8.18. The van der Waals surface area contributed by atoms with E-state index in [0.29, 0.717) is 5.39 Å². The number of aromatic hydroxyl groups is 1. The van der Waals surface area contributed by atoms with E-state index < -0.39 is 38.8 Å². The molecule has 2 saturated heterocycles. The van der Waals surface area contributed by atoms with E-state index in [1.165, 1.54) is 4.90 Å². The van der Waals surface area contributed by atoms with E-state index >= 15 is 0 Å². The SMILES string of the molecule is O=C1C2=NC3C(SC(=O)C34SCC(=O)N4c3ccc4ccccc4c3O)C(=O)C2=C(O)c2ccccc21. The Balaban J connectivity index is 1.44. The van der Waals surface area contributed by atoms with Crippen LogP contribution in [-0.4, -0.2) is 60.4 Å². The number of phenols is 1. The van der Waals surface area contributed by atoms with Crippen LogP contribution in [0.5, 0.6) is 5.75 Å². The molecule has 10 heteroatoms. The molecule has 1 amide bonds. The van der Waals surface area contributed by atoms with Gasteiger partial charge in [-0.15, -0.1) is 11.8 Å². The zero-order chi connectivity index (χ0) is 25.6. The summed E-state index contributed by atoms with van der Waals surface area (Å²) in [5.41, 5.74) is 0.182. The Morgan fingerprint density at radius 3 is 2.46 bits per heavy atom. The topological polar surface area (TPSA) is 124 Å². The van der Waals surface area contributed by atoms with E-state index in [2.05, 4.69) is 4.99 Å². The van der Waals surface area contributed by atoms with Crippen molar-refractivity contribution in [2.24, 2.45) is 4.99 Å². The quantitative estimate of drug-likeness (QED) is 0.492. The molecule has 37 heavy (non-hydrogen) atoms. The molecule has 1 spiro atoms. The Morgan fingerprint density at radius 2 is 1.65 bits per heavy atom. The summed E-state index contributed by atoms with van der Waals surface area (Å²) < 4.78 is 0. The van der Waals surface area contributed by atoms with Crippen LogP contribution >= 0.6 is 23.5 Å². The molecule has 4 aliphatic rings. The van der Waals surface area contributed by atoms with Gasteiger partial charge >= 0.3 is 0 Å². The number of thioether (sulfide) groups is 2. The number of anilines is 1. The maximum Gasteiger partial charge on any atom is 0.238 e. The average molecular weight is 529 g/mol. The Morgan fingerprint density at radius 1 is 0.919 bits per heavy atom. The van der Waals surface area contributed by atoms with Gasteiger partial charge in [-0.05, 0) is 11.5 Å². The number of aliphatic imine (C=N–C) groups is 1. The molecule has 3 aliphatic heterocycles. The number of nitrogens with zero attached hydrogens (tertiary/aromatic N) is 2. The predicted molar refractivity (Wildman–Crippen MR) is 141 cm³/mol. The highest BCUT2D eigenvalue weighted by Gasteiger charge is 2.68. The minimum absolute atomic E-state index is 0.0639. The van der Waals surface area contributed by atoms with E-state index in [4.69, 9.17) is 0 Å². The second-order valence-corrected chi connectivity index (χ2v) is 11.4. The second kappa shape index (κ2) is 7.56. The summed E-state index contributed by atoms with van der Waals surface area (Å²) in [6, 6.07) is 15.7. The van der Waals surface area contributed by atoms with Crippen LogP contribution in [-0.2, 0) is 14.4 Å². The van der Waals surface area contributed by atoms with Crippen LogP contribution < -0.4 is 4.90 Å². The van der Waals surface area contributed by atoms with Gasteiger partial charge in [-0.25, -0.2) is 0 Å². The van der Waals surface area contributed by atoms with Gasteiger partial charge in [-0.1, -0.05) is 66.4 Å². The average Bonchev–Trinajstić information content (AvgIpc) is 3.40. The van der Waals surface area contributed by atoms with Gasteiger partial charge in [0.25, 0.3) is 0 Å². The normalized spacial score (nSPS) is 26.6. The monoisotopic (exact) mass is 528 g/mol. The highest BCUT2D eigenvalue weighted by atomic mass is 32.2. The van der Waals surface area contributed by atoms with Gasteiger partial charge in [0, 0.05) is 16.5 Å². The number of benzene rings is 3. The molecule has 182 valence electrons. The van der Waals surface area contributed by atoms with Gasteiger partial charge in [-0.3, -0.25) is 29.1 Å². The molecule has 3 atom stereocenters. The molecule has 0 aromatic heterocycles. The molecular weight excluding hydrogens is 512 g/mol. The summed E-state index contributed by atoms with van der Waals surface area (Å²) in [4.78, 5) is 58.2. The lowest BCUT2D eigenvalue weighted by Crippen LogP contribution is -2.58. The molecule has 3 aromatic carbocycles. The van der Waals surface area contributed by atoms with Crippen molar-refractivity contribution in [1.29, 1.82) is 0 Å². The van der Waals surface area contributed by atoms with Crippen LogP contribution in [0, 0.1) is 0 Å². The van der Waals surface area contributed by atoms with E-state index in [1.54, 1.807) is 48.5 Å². The summed E-state index contributed by atoms with van der Waals surface area (Å²) in [7, 11) is 0. The predicted octanol–water partition coefficient (Wildman–Crippen LogP) is 3.52. The van der Waals surface area contributed by atoms with E-state index in [0.717, 1.165) is 28.9 Å². The molecule has 0 saturated carbocycles. The summed E-state index contributed by atoms with van der Waals surface area (Å²) in [6.45, 7) is 0. The van der Waals surface area contributed by atoms with Crippen molar-refractivity contribution >= 4 is 74.0 Å². The maximum atomic E-state index is 13.7. The van der Waals surface area contributed by atoms with Crippen molar-refractivity contribution < 1.29 is 29.4 Å². The summed E-state index contributed by atoms with van der Waals surface area (Å²) in [5.74, 6) is -2.08. The Hall–Kier alpha value is -3.89. The lowest BCUT2D eigenvalue weighted by molar-refractivity contribution is -0.120. The van der Waals surface area contributed by atoms with E-state index in [1.807, 2.05) is 12.1 Å². The number of carbonyl (C=O) groups is 4. The van der Waals surface area contributed by atoms with Crippen LogP contribution in [0.3, 0.4) is 0 Å². The number of allylic oxidation sites excluding steroid dienone is 1. The molecule has 3 aromatic rings. The van der Waals surface area contributed by atoms with E-state index in [-0.39, 0.29) is 45.4 Å². The number of hydrogen-bond acceptors (Lipinski definition) is 9. The zero-order valence-electron chi connectivity index (χ0n) is 18.9. The standard InChI is InChI=1S/C27H16N2O6S2/c30-17-11-36-27(29(17)16-10-9-12-5-1-2-6-13(12)20(16)31)25-24(37-26(27)35)23(34)18-19(28-25)22(33)15-8-4-3-7-14(15)21(18)32/h1-10,24-25,31-32H,11H2. The fourth-order valence-corrected chi connectivity index (χ4v) is 8.46. The van der Waals surface area contributed by atoms with Crippen molar-refractivity contribution in [3.8, 4) is 5.75 Å². The molecule has 0 radical (unpaired) electrons. The largest absolute Gasteiger partial charge is 0.506 e. The number of hydrogen-bond donors (Lipinski definition) is 2. The van der Waals surface area contributed by atoms with Crippen LogP contribution in [0.4, 0.5) is 5.69 Å². The third-order valence-corrected chi connectivity index (χ3v) is 10.0. The van der Waals surface area contributed by atoms with Gasteiger partial charge in [0.2, 0.25) is 16.8 Å². The van der Waals surface area contributed by atoms with Crippen molar-refractivity contribution in [2.45, 2.75) is 16.2 Å². The van der Waals surface area contributed by atoms with Crippen molar-refractivity contribution in [3.63, 3.8) is 0 Å². The van der Waals surface area contributed by atoms with Crippen LogP contribution in [0.25, 0.3) is 16.5 Å². The first-order valence-corrected chi connectivity index (χ1v) is 13.3. The van der Waals surface area contributed by atoms with Crippen molar-refractivity contribution in [1.82, 2.24) is 0 Å². The molecular formula is C27H16N2O6S2. The minimum atomic E-state index is -1.63. The highest BCUT2D eigenvalue weighted by Crippen LogP contribution is 2.57. The van der Waals surface area contributed by atoms with Crippen LogP contribution in [0.15, 0.2) is 71.2 Å². The van der Waals surface area contributed by atoms with Crippen LogP contribution in [0.2, 0.25) is 0 Å². The summed E-state index contributed by atoms with van der Waals surface area (Å²) >= 11 is 1.80.